The summed E-state index contributed by atoms with van der Waals surface area (Å²) < 4.78 is 13.3. The van der Waals surface area contributed by atoms with Gasteiger partial charge in [-0.05, 0) is 35.4 Å². The predicted octanol–water partition coefficient (Wildman–Crippen LogP) is 3.18. The van der Waals surface area contributed by atoms with Gasteiger partial charge in [0.15, 0.2) is 0 Å². The zero-order chi connectivity index (χ0) is 18.1. The molecular formula is C19H15FN4O2. The third-order valence-corrected chi connectivity index (χ3v) is 4.26. The van der Waals surface area contributed by atoms with E-state index in [0.717, 1.165) is 16.0 Å². The smallest absolute Gasteiger partial charge is 0.310 e. The molecule has 1 saturated heterocycles. The van der Waals surface area contributed by atoms with Crippen LogP contribution < -0.4 is 4.90 Å². The Balaban J connectivity index is 1.53. The molecule has 2 heterocycles. The summed E-state index contributed by atoms with van der Waals surface area (Å²) in [5.74, 6) is -0.672. The first-order chi connectivity index (χ1) is 12.6. The number of rotatable bonds is 4. The van der Waals surface area contributed by atoms with Crippen molar-refractivity contribution in [2.45, 2.75) is 6.54 Å². The fourth-order valence-corrected chi connectivity index (χ4v) is 3.00. The van der Waals surface area contributed by atoms with Crippen molar-refractivity contribution < 1.29 is 14.0 Å². The molecule has 0 spiro atoms. The van der Waals surface area contributed by atoms with Crippen LogP contribution in [0, 0.1) is 5.82 Å². The molecule has 2 aromatic carbocycles. The van der Waals surface area contributed by atoms with Gasteiger partial charge in [0.05, 0.1) is 11.9 Å². The summed E-state index contributed by atoms with van der Waals surface area (Å²) in [6.07, 6.45) is 3.46. The number of carbonyl (C=O) groups is 2. The molecule has 0 saturated carbocycles. The summed E-state index contributed by atoms with van der Waals surface area (Å²) in [6.45, 7) is 0.158. The Hall–Kier alpha value is -3.48. The Bertz CT molecular complexity index is 954. The summed E-state index contributed by atoms with van der Waals surface area (Å²) in [5, 5.41) is 6.64. The van der Waals surface area contributed by atoms with Crippen LogP contribution >= 0.6 is 0 Å². The number of urea groups is 1. The Morgan fingerprint density at radius 2 is 1.88 bits per heavy atom. The Morgan fingerprint density at radius 3 is 2.58 bits per heavy atom. The SMILES string of the molecule is O=C1CN(Cc2cccc(F)c2)C(=O)N1c1ccc(-c2cn[nH]c2)cc1. The number of hydrogen-bond donors (Lipinski definition) is 1. The topological polar surface area (TPSA) is 69.3 Å². The van der Waals surface area contributed by atoms with Gasteiger partial charge in [-0.2, -0.15) is 5.10 Å². The van der Waals surface area contributed by atoms with Crippen LogP contribution in [0.4, 0.5) is 14.9 Å². The minimum Gasteiger partial charge on any atom is -0.310 e. The van der Waals surface area contributed by atoms with E-state index >= 15 is 0 Å². The van der Waals surface area contributed by atoms with E-state index in [-0.39, 0.29) is 24.8 Å². The molecule has 1 aromatic heterocycles. The van der Waals surface area contributed by atoms with Gasteiger partial charge in [0, 0.05) is 18.3 Å². The number of amides is 3. The fourth-order valence-electron chi connectivity index (χ4n) is 3.00. The van der Waals surface area contributed by atoms with E-state index in [1.54, 1.807) is 36.7 Å². The lowest BCUT2D eigenvalue weighted by Gasteiger charge is -2.17. The van der Waals surface area contributed by atoms with E-state index in [1.165, 1.54) is 17.0 Å². The monoisotopic (exact) mass is 350 g/mol. The highest BCUT2D eigenvalue weighted by Gasteiger charge is 2.37. The van der Waals surface area contributed by atoms with Gasteiger partial charge in [-0.3, -0.25) is 9.89 Å². The molecule has 4 rings (SSSR count). The molecule has 7 heteroatoms. The number of hydrogen-bond acceptors (Lipinski definition) is 3. The highest BCUT2D eigenvalue weighted by molar-refractivity contribution is 6.19. The first-order valence-electron chi connectivity index (χ1n) is 8.07. The number of H-pyrrole nitrogens is 1. The number of nitrogens with one attached hydrogen (secondary N) is 1. The molecule has 3 aromatic rings. The van der Waals surface area contributed by atoms with Gasteiger partial charge in [0.25, 0.3) is 5.91 Å². The number of nitrogens with zero attached hydrogens (tertiary/aromatic N) is 3. The number of aromatic amines is 1. The van der Waals surface area contributed by atoms with Crippen LogP contribution in [0.2, 0.25) is 0 Å². The Labute approximate surface area is 148 Å². The van der Waals surface area contributed by atoms with Crippen LogP contribution in [-0.4, -0.2) is 33.6 Å². The molecule has 130 valence electrons. The molecule has 0 unspecified atom stereocenters. The van der Waals surface area contributed by atoms with Crippen LogP contribution in [0.5, 0.6) is 0 Å². The van der Waals surface area contributed by atoms with E-state index in [4.69, 9.17) is 0 Å². The third kappa shape index (κ3) is 2.95. The third-order valence-electron chi connectivity index (χ3n) is 4.26. The van der Waals surface area contributed by atoms with Crippen molar-refractivity contribution in [3.63, 3.8) is 0 Å². The van der Waals surface area contributed by atoms with E-state index in [1.807, 2.05) is 12.1 Å². The van der Waals surface area contributed by atoms with Gasteiger partial charge in [0.2, 0.25) is 0 Å². The number of halogens is 1. The Kier molecular flexibility index (Phi) is 3.96. The van der Waals surface area contributed by atoms with Crippen molar-refractivity contribution in [2.24, 2.45) is 0 Å². The zero-order valence-corrected chi connectivity index (χ0v) is 13.7. The first-order valence-corrected chi connectivity index (χ1v) is 8.07. The molecule has 0 aliphatic carbocycles. The van der Waals surface area contributed by atoms with Crippen LogP contribution in [-0.2, 0) is 11.3 Å². The zero-order valence-electron chi connectivity index (χ0n) is 13.7. The van der Waals surface area contributed by atoms with Crippen LogP contribution in [0.25, 0.3) is 11.1 Å². The number of benzene rings is 2. The number of imide groups is 1. The maximum Gasteiger partial charge on any atom is 0.332 e. The second-order valence-corrected chi connectivity index (χ2v) is 6.03. The molecule has 3 amide bonds. The summed E-state index contributed by atoms with van der Waals surface area (Å²) >= 11 is 0. The molecular weight excluding hydrogens is 335 g/mol. The lowest BCUT2D eigenvalue weighted by molar-refractivity contribution is -0.116. The normalized spacial score (nSPS) is 14.3. The summed E-state index contributed by atoms with van der Waals surface area (Å²) in [6, 6.07) is 12.7. The van der Waals surface area contributed by atoms with Crippen LogP contribution in [0.15, 0.2) is 60.9 Å². The predicted molar refractivity (Wildman–Crippen MR) is 93.7 cm³/mol. The van der Waals surface area contributed by atoms with Crippen molar-refractivity contribution in [3.05, 3.63) is 72.3 Å². The van der Waals surface area contributed by atoms with Crippen LogP contribution in [0.1, 0.15) is 5.56 Å². The fraction of sp³-hybridized carbons (Fsp3) is 0.105. The van der Waals surface area contributed by atoms with Crippen molar-refractivity contribution in [1.29, 1.82) is 0 Å². The second-order valence-electron chi connectivity index (χ2n) is 6.03. The molecule has 6 nitrogen and oxygen atoms in total. The van der Waals surface area contributed by atoms with Gasteiger partial charge < -0.3 is 4.90 Å². The van der Waals surface area contributed by atoms with Crippen molar-refractivity contribution >= 4 is 17.6 Å². The molecule has 1 aliphatic rings. The van der Waals surface area contributed by atoms with E-state index in [2.05, 4.69) is 10.2 Å². The Morgan fingerprint density at radius 1 is 1.08 bits per heavy atom. The summed E-state index contributed by atoms with van der Waals surface area (Å²) in [5.41, 5.74) is 3.00. The number of anilines is 1. The van der Waals surface area contributed by atoms with Crippen molar-refractivity contribution in [3.8, 4) is 11.1 Å². The standard InChI is InChI=1S/C19H15FN4O2/c20-16-3-1-2-13(8-16)11-23-12-18(25)24(19(23)26)17-6-4-14(5-7-17)15-9-21-22-10-15/h1-10H,11-12H2,(H,21,22). The minimum absolute atomic E-state index is 0.0289. The highest BCUT2D eigenvalue weighted by Crippen LogP contribution is 2.26. The van der Waals surface area contributed by atoms with Gasteiger partial charge in [0.1, 0.15) is 12.4 Å². The minimum atomic E-state index is -0.407. The molecule has 0 radical (unpaired) electrons. The highest BCUT2D eigenvalue weighted by atomic mass is 19.1. The van der Waals surface area contributed by atoms with Gasteiger partial charge >= 0.3 is 6.03 Å². The van der Waals surface area contributed by atoms with E-state index < -0.39 is 6.03 Å². The summed E-state index contributed by atoms with van der Waals surface area (Å²) in [7, 11) is 0. The molecule has 1 aliphatic heterocycles. The van der Waals surface area contributed by atoms with E-state index in [9.17, 15) is 14.0 Å². The number of carbonyl (C=O) groups excluding carboxylic acids is 2. The van der Waals surface area contributed by atoms with Gasteiger partial charge in [-0.25, -0.2) is 14.1 Å². The molecule has 0 atom stereocenters. The lowest BCUT2D eigenvalue weighted by Crippen LogP contribution is -2.32. The largest absolute Gasteiger partial charge is 0.332 e. The average Bonchev–Trinajstić information content (AvgIpc) is 3.25. The maximum absolute atomic E-state index is 13.3. The molecule has 26 heavy (non-hydrogen) atoms. The van der Waals surface area contributed by atoms with Crippen molar-refractivity contribution in [2.75, 3.05) is 11.4 Å². The molecule has 0 bridgehead atoms. The lowest BCUT2D eigenvalue weighted by atomic mass is 10.1. The summed E-state index contributed by atoms with van der Waals surface area (Å²) in [4.78, 5) is 27.5. The first kappa shape index (κ1) is 16.0. The number of aromatic nitrogens is 2. The quantitative estimate of drug-likeness (QED) is 0.735. The second kappa shape index (κ2) is 6.44. The van der Waals surface area contributed by atoms with Gasteiger partial charge in [-0.1, -0.05) is 24.3 Å². The average molecular weight is 350 g/mol. The molecule has 1 fully saturated rings. The maximum atomic E-state index is 13.3. The van der Waals surface area contributed by atoms with E-state index in [0.29, 0.717) is 11.3 Å². The van der Waals surface area contributed by atoms with Crippen LogP contribution in [0.3, 0.4) is 0 Å². The van der Waals surface area contributed by atoms with Gasteiger partial charge in [-0.15, -0.1) is 0 Å². The van der Waals surface area contributed by atoms with Crippen molar-refractivity contribution in [1.82, 2.24) is 15.1 Å². The molecule has 1 N–H and O–H groups in total.